The lowest BCUT2D eigenvalue weighted by Gasteiger charge is -1.95. The molecule has 5 heteroatoms. The lowest BCUT2D eigenvalue weighted by molar-refractivity contribution is 0.103. The SMILES string of the molecule is O=C(c1ccccc1)c1ncc(CNCl)s1. The molecule has 2 aromatic rings. The van der Waals surface area contributed by atoms with E-state index in [4.69, 9.17) is 11.8 Å². The summed E-state index contributed by atoms with van der Waals surface area (Å²) in [6.07, 6.45) is 1.66. The highest BCUT2D eigenvalue weighted by Gasteiger charge is 2.12. The average Bonchev–Trinajstić information content (AvgIpc) is 2.78. The van der Waals surface area contributed by atoms with Crippen molar-refractivity contribution < 1.29 is 4.79 Å². The van der Waals surface area contributed by atoms with E-state index >= 15 is 0 Å². The fourth-order valence-corrected chi connectivity index (χ4v) is 2.31. The number of carbonyl (C=O) groups is 1. The van der Waals surface area contributed by atoms with Crippen LogP contribution in [0.2, 0.25) is 0 Å². The molecule has 0 radical (unpaired) electrons. The maximum absolute atomic E-state index is 12.0. The number of carbonyl (C=O) groups excluding carboxylic acids is 1. The maximum atomic E-state index is 12.0. The van der Waals surface area contributed by atoms with Gasteiger partial charge in [0.1, 0.15) is 0 Å². The van der Waals surface area contributed by atoms with Crippen LogP contribution >= 0.6 is 23.1 Å². The first-order chi connectivity index (χ1) is 7.81. The first-order valence-corrected chi connectivity index (χ1v) is 5.88. The minimum atomic E-state index is -0.0496. The van der Waals surface area contributed by atoms with Crippen LogP contribution in [0.1, 0.15) is 20.2 Å². The van der Waals surface area contributed by atoms with Crippen LogP contribution in [0, 0.1) is 0 Å². The lowest BCUT2D eigenvalue weighted by atomic mass is 10.1. The van der Waals surface area contributed by atoms with Gasteiger partial charge < -0.3 is 0 Å². The van der Waals surface area contributed by atoms with Crippen molar-refractivity contribution >= 4 is 28.9 Å². The Morgan fingerprint density at radius 1 is 1.38 bits per heavy atom. The van der Waals surface area contributed by atoms with E-state index in [0.29, 0.717) is 17.1 Å². The van der Waals surface area contributed by atoms with E-state index in [-0.39, 0.29) is 5.78 Å². The van der Waals surface area contributed by atoms with Crippen LogP contribution in [-0.4, -0.2) is 10.8 Å². The number of benzene rings is 1. The van der Waals surface area contributed by atoms with E-state index < -0.39 is 0 Å². The van der Waals surface area contributed by atoms with E-state index in [0.717, 1.165) is 4.88 Å². The summed E-state index contributed by atoms with van der Waals surface area (Å²) < 4.78 is 0. The van der Waals surface area contributed by atoms with Crippen LogP contribution in [0.3, 0.4) is 0 Å². The summed E-state index contributed by atoms with van der Waals surface area (Å²) in [7, 11) is 0. The maximum Gasteiger partial charge on any atom is 0.221 e. The highest BCUT2D eigenvalue weighted by atomic mass is 35.5. The molecule has 1 heterocycles. The number of nitrogens with one attached hydrogen (secondary N) is 1. The minimum absolute atomic E-state index is 0.0496. The van der Waals surface area contributed by atoms with Crippen LogP contribution < -0.4 is 4.84 Å². The second-order valence-electron chi connectivity index (χ2n) is 3.14. The van der Waals surface area contributed by atoms with Gasteiger partial charge >= 0.3 is 0 Å². The van der Waals surface area contributed by atoms with Crippen molar-refractivity contribution in [3.8, 4) is 0 Å². The zero-order valence-electron chi connectivity index (χ0n) is 8.31. The second kappa shape index (κ2) is 5.21. The first kappa shape index (κ1) is 11.3. The van der Waals surface area contributed by atoms with Crippen molar-refractivity contribution in [2.75, 3.05) is 0 Å². The molecule has 0 saturated carbocycles. The van der Waals surface area contributed by atoms with Gasteiger partial charge in [0, 0.05) is 23.2 Å². The molecule has 1 aromatic heterocycles. The number of aromatic nitrogens is 1. The first-order valence-electron chi connectivity index (χ1n) is 4.69. The third-order valence-electron chi connectivity index (χ3n) is 2.02. The molecule has 3 nitrogen and oxygen atoms in total. The van der Waals surface area contributed by atoms with Gasteiger partial charge in [0.05, 0.1) is 0 Å². The molecule has 0 aliphatic heterocycles. The Bertz CT molecular complexity index is 484. The summed E-state index contributed by atoms with van der Waals surface area (Å²) in [4.78, 5) is 19.5. The molecule has 0 atom stereocenters. The Balaban J connectivity index is 2.21. The van der Waals surface area contributed by atoms with Crippen molar-refractivity contribution in [2.24, 2.45) is 0 Å². The van der Waals surface area contributed by atoms with E-state index in [1.165, 1.54) is 11.3 Å². The number of hydrogen-bond acceptors (Lipinski definition) is 4. The molecule has 0 aliphatic carbocycles. The van der Waals surface area contributed by atoms with Gasteiger partial charge in [0.15, 0.2) is 5.01 Å². The van der Waals surface area contributed by atoms with Crippen molar-refractivity contribution in [2.45, 2.75) is 6.54 Å². The van der Waals surface area contributed by atoms with Gasteiger partial charge in [-0.25, -0.2) is 9.82 Å². The van der Waals surface area contributed by atoms with Crippen molar-refractivity contribution in [3.63, 3.8) is 0 Å². The predicted octanol–water partition coefficient (Wildman–Crippen LogP) is 2.62. The van der Waals surface area contributed by atoms with E-state index in [1.54, 1.807) is 18.3 Å². The van der Waals surface area contributed by atoms with Gasteiger partial charge in [-0.2, -0.15) is 0 Å². The van der Waals surface area contributed by atoms with Gasteiger partial charge in [-0.1, -0.05) is 30.3 Å². The standard InChI is InChI=1S/C11H9ClN2OS/c12-14-7-9-6-13-11(16-9)10(15)8-4-2-1-3-5-8/h1-6,14H,7H2. The summed E-state index contributed by atoms with van der Waals surface area (Å²) in [5.41, 5.74) is 0.655. The van der Waals surface area contributed by atoms with Gasteiger partial charge in [0.2, 0.25) is 5.78 Å². The summed E-state index contributed by atoms with van der Waals surface area (Å²) in [5, 5.41) is 0.494. The normalized spacial score (nSPS) is 10.3. The van der Waals surface area contributed by atoms with E-state index in [9.17, 15) is 4.79 Å². The zero-order valence-corrected chi connectivity index (χ0v) is 9.89. The number of ketones is 1. The van der Waals surface area contributed by atoms with Crippen molar-refractivity contribution in [1.82, 2.24) is 9.82 Å². The fourth-order valence-electron chi connectivity index (χ4n) is 1.27. The van der Waals surface area contributed by atoms with Gasteiger partial charge in [-0.15, -0.1) is 11.3 Å². The largest absolute Gasteiger partial charge is 0.286 e. The Hall–Kier alpha value is -1.23. The third kappa shape index (κ3) is 2.47. The Morgan fingerprint density at radius 2 is 2.12 bits per heavy atom. The molecule has 2 rings (SSSR count). The molecule has 82 valence electrons. The Kier molecular flexibility index (Phi) is 3.66. The van der Waals surface area contributed by atoms with Gasteiger partial charge in [0.25, 0.3) is 0 Å². The molecule has 1 N–H and O–H groups in total. The molecule has 0 saturated heterocycles. The molecule has 0 fully saturated rings. The molecule has 0 spiro atoms. The molecule has 0 aliphatic rings. The molecular formula is C11H9ClN2OS. The lowest BCUT2D eigenvalue weighted by Crippen LogP contribution is -1.99. The van der Waals surface area contributed by atoms with Crippen LogP contribution in [0.25, 0.3) is 0 Å². The van der Waals surface area contributed by atoms with Gasteiger partial charge in [-0.3, -0.25) is 4.79 Å². The summed E-state index contributed by atoms with van der Waals surface area (Å²) in [6, 6.07) is 9.11. The minimum Gasteiger partial charge on any atom is -0.286 e. The van der Waals surface area contributed by atoms with Gasteiger partial charge in [-0.05, 0) is 11.8 Å². The third-order valence-corrected chi connectivity index (χ3v) is 3.15. The van der Waals surface area contributed by atoms with Crippen LogP contribution in [-0.2, 0) is 6.54 Å². The fraction of sp³-hybridized carbons (Fsp3) is 0.0909. The number of hydrogen-bond donors (Lipinski definition) is 1. The van der Waals surface area contributed by atoms with Crippen molar-refractivity contribution in [1.29, 1.82) is 0 Å². The topological polar surface area (TPSA) is 42.0 Å². The summed E-state index contributed by atoms with van der Waals surface area (Å²) in [5.74, 6) is -0.0496. The molecule has 16 heavy (non-hydrogen) atoms. The highest BCUT2D eigenvalue weighted by Crippen LogP contribution is 2.16. The molecule has 1 aromatic carbocycles. The summed E-state index contributed by atoms with van der Waals surface area (Å²) >= 11 is 6.74. The highest BCUT2D eigenvalue weighted by molar-refractivity contribution is 7.13. The molecule has 0 unspecified atom stereocenters. The number of halogens is 1. The quantitative estimate of drug-likeness (QED) is 0.672. The van der Waals surface area contributed by atoms with Crippen LogP contribution in [0.15, 0.2) is 36.5 Å². The van der Waals surface area contributed by atoms with E-state index in [1.807, 2.05) is 18.2 Å². The average molecular weight is 253 g/mol. The monoisotopic (exact) mass is 252 g/mol. The van der Waals surface area contributed by atoms with Crippen LogP contribution in [0.4, 0.5) is 0 Å². The Morgan fingerprint density at radius 3 is 2.81 bits per heavy atom. The van der Waals surface area contributed by atoms with Crippen LogP contribution in [0.5, 0.6) is 0 Å². The summed E-state index contributed by atoms with van der Waals surface area (Å²) in [6.45, 7) is 0.515. The molecular weight excluding hydrogens is 244 g/mol. The molecule has 0 amide bonds. The number of rotatable bonds is 4. The smallest absolute Gasteiger partial charge is 0.221 e. The number of nitrogens with zero attached hydrogens (tertiary/aromatic N) is 1. The zero-order chi connectivity index (χ0) is 11.4. The Labute approximate surface area is 102 Å². The second-order valence-corrected chi connectivity index (χ2v) is 4.52. The molecule has 0 bridgehead atoms. The predicted molar refractivity (Wildman–Crippen MR) is 64.7 cm³/mol. The number of thiazole rings is 1. The van der Waals surface area contributed by atoms with Crippen molar-refractivity contribution in [3.05, 3.63) is 52.0 Å². The van der Waals surface area contributed by atoms with E-state index in [2.05, 4.69) is 9.82 Å².